The van der Waals surface area contributed by atoms with Gasteiger partial charge < -0.3 is 0 Å². The number of rotatable bonds is 2. The summed E-state index contributed by atoms with van der Waals surface area (Å²) in [5, 5.41) is 10.3. The molecule has 0 spiro atoms. The van der Waals surface area contributed by atoms with E-state index in [9.17, 15) is 18.9 Å². The Morgan fingerprint density at radius 1 is 1.54 bits per heavy atom. The van der Waals surface area contributed by atoms with Gasteiger partial charge >= 0.3 is 0 Å². The summed E-state index contributed by atoms with van der Waals surface area (Å²) >= 11 is 2.81. The van der Waals surface area contributed by atoms with Crippen molar-refractivity contribution in [1.29, 1.82) is 0 Å². The molecule has 0 bridgehead atoms. The highest BCUT2D eigenvalue weighted by Gasteiger charge is 2.16. The lowest BCUT2D eigenvalue weighted by Gasteiger charge is -1.99. The van der Waals surface area contributed by atoms with Gasteiger partial charge in [0.05, 0.1) is 9.40 Å². The molecule has 3 nitrogen and oxygen atoms in total. The van der Waals surface area contributed by atoms with E-state index < -0.39 is 17.4 Å². The van der Waals surface area contributed by atoms with Gasteiger partial charge in [-0.2, -0.15) is 0 Å². The van der Waals surface area contributed by atoms with Crippen LogP contribution in [0.5, 0.6) is 0 Å². The molecule has 0 amide bonds. The minimum atomic E-state index is -1.06. The van der Waals surface area contributed by atoms with Gasteiger partial charge in [-0.3, -0.25) is 10.1 Å². The Morgan fingerprint density at radius 2 is 2.15 bits per heavy atom. The van der Waals surface area contributed by atoms with Crippen LogP contribution in [0.4, 0.5) is 14.5 Å². The Labute approximate surface area is 80.6 Å². The van der Waals surface area contributed by atoms with Gasteiger partial charge in [-0.15, -0.1) is 0 Å². The third-order valence-corrected chi connectivity index (χ3v) is 2.09. The van der Waals surface area contributed by atoms with Crippen molar-refractivity contribution in [1.82, 2.24) is 0 Å². The van der Waals surface area contributed by atoms with E-state index in [2.05, 4.69) is 15.9 Å². The van der Waals surface area contributed by atoms with Crippen LogP contribution in [0.3, 0.4) is 0 Å². The van der Waals surface area contributed by atoms with E-state index in [0.29, 0.717) is 0 Å². The largest absolute Gasteiger partial charge is 0.284 e. The first-order valence-electron chi connectivity index (χ1n) is 3.24. The van der Waals surface area contributed by atoms with Crippen LogP contribution in [0.2, 0.25) is 0 Å². The minimum absolute atomic E-state index is 0.00667. The summed E-state index contributed by atoms with van der Waals surface area (Å²) in [4.78, 5) is 9.63. The first kappa shape index (κ1) is 10.0. The summed E-state index contributed by atoms with van der Waals surface area (Å²) in [5.41, 5.74) is -0.649. The van der Waals surface area contributed by atoms with Crippen LogP contribution in [-0.2, 0) is 6.67 Å². The highest BCUT2D eigenvalue weighted by atomic mass is 79.9. The molecule has 0 aliphatic carbocycles. The summed E-state index contributed by atoms with van der Waals surface area (Å²) in [6.07, 6.45) is 0. The standard InChI is InChI=1S/C7H4BrF2NO2/c8-5-2-6(10)4(3-9)1-7(5)11(12)13/h1-2H,3H2. The molecule has 0 radical (unpaired) electrons. The monoisotopic (exact) mass is 251 g/mol. The quantitative estimate of drug-likeness (QED) is 0.599. The van der Waals surface area contributed by atoms with E-state index in [1.807, 2.05) is 0 Å². The number of hydrogen-bond acceptors (Lipinski definition) is 2. The summed E-state index contributed by atoms with van der Waals surface area (Å²) in [6.45, 7) is -1.06. The molecule has 0 aromatic heterocycles. The van der Waals surface area contributed by atoms with Gasteiger partial charge in [-0.05, 0) is 22.0 Å². The maximum absolute atomic E-state index is 12.8. The predicted molar refractivity (Wildman–Crippen MR) is 45.6 cm³/mol. The van der Waals surface area contributed by atoms with Crippen molar-refractivity contribution in [2.24, 2.45) is 0 Å². The fraction of sp³-hybridized carbons (Fsp3) is 0.143. The third kappa shape index (κ3) is 2.00. The minimum Gasteiger partial charge on any atom is -0.258 e. The molecule has 1 aromatic rings. The zero-order chi connectivity index (χ0) is 10.0. The van der Waals surface area contributed by atoms with Gasteiger partial charge in [0, 0.05) is 11.6 Å². The Hall–Kier alpha value is -1.04. The first-order chi connectivity index (χ1) is 6.06. The Morgan fingerprint density at radius 3 is 2.62 bits per heavy atom. The lowest BCUT2D eigenvalue weighted by atomic mass is 10.2. The van der Waals surface area contributed by atoms with E-state index in [-0.39, 0.29) is 15.7 Å². The summed E-state index contributed by atoms with van der Waals surface area (Å²) in [5.74, 6) is -0.792. The number of halogens is 3. The molecule has 1 aromatic carbocycles. The highest BCUT2D eigenvalue weighted by Crippen LogP contribution is 2.28. The zero-order valence-corrected chi connectivity index (χ0v) is 7.85. The van der Waals surface area contributed by atoms with Crippen LogP contribution < -0.4 is 0 Å². The first-order valence-corrected chi connectivity index (χ1v) is 4.04. The van der Waals surface area contributed by atoms with Crippen molar-refractivity contribution in [3.8, 4) is 0 Å². The number of alkyl halides is 1. The second-order valence-electron chi connectivity index (χ2n) is 2.29. The predicted octanol–water partition coefficient (Wildman–Crippen LogP) is 2.97. The molecular weight excluding hydrogens is 248 g/mol. The molecular formula is C7H4BrF2NO2. The highest BCUT2D eigenvalue weighted by molar-refractivity contribution is 9.10. The molecule has 0 unspecified atom stereocenters. The van der Waals surface area contributed by atoms with Crippen molar-refractivity contribution in [3.05, 3.63) is 38.1 Å². The van der Waals surface area contributed by atoms with E-state index in [0.717, 1.165) is 12.1 Å². The Bertz CT molecular complexity index is 357. The smallest absolute Gasteiger partial charge is 0.258 e. The zero-order valence-electron chi connectivity index (χ0n) is 6.26. The van der Waals surface area contributed by atoms with Crippen LogP contribution in [0, 0.1) is 15.9 Å². The number of hydrogen-bond donors (Lipinski definition) is 0. The molecule has 0 aliphatic heterocycles. The molecule has 0 saturated heterocycles. The fourth-order valence-corrected chi connectivity index (χ4v) is 1.28. The normalized spacial score (nSPS) is 10.1. The Kier molecular flexibility index (Phi) is 2.92. The van der Waals surface area contributed by atoms with Gasteiger partial charge in [-0.1, -0.05) is 0 Å². The van der Waals surface area contributed by atoms with Crippen LogP contribution in [0.25, 0.3) is 0 Å². The summed E-state index contributed by atoms with van der Waals surface area (Å²) in [7, 11) is 0. The van der Waals surface area contributed by atoms with Crippen molar-refractivity contribution < 1.29 is 13.7 Å². The SMILES string of the molecule is O=[N+]([O-])c1cc(CF)c(F)cc1Br. The van der Waals surface area contributed by atoms with Crippen molar-refractivity contribution in [2.75, 3.05) is 0 Å². The lowest BCUT2D eigenvalue weighted by Crippen LogP contribution is -1.94. The fourth-order valence-electron chi connectivity index (χ4n) is 0.823. The topological polar surface area (TPSA) is 43.1 Å². The van der Waals surface area contributed by atoms with Crippen LogP contribution in [-0.4, -0.2) is 4.92 Å². The summed E-state index contributed by atoms with van der Waals surface area (Å²) in [6, 6.07) is 1.76. The van der Waals surface area contributed by atoms with Gasteiger partial charge in [-0.25, -0.2) is 8.78 Å². The van der Waals surface area contributed by atoms with E-state index in [1.54, 1.807) is 0 Å². The van der Waals surface area contributed by atoms with E-state index in [4.69, 9.17) is 0 Å². The molecule has 0 saturated carbocycles. The maximum atomic E-state index is 12.8. The maximum Gasteiger partial charge on any atom is 0.284 e. The molecule has 70 valence electrons. The van der Waals surface area contributed by atoms with Crippen molar-refractivity contribution in [3.63, 3.8) is 0 Å². The van der Waals surface area contributed by atoms with Gasteiger partial charge in [0.15, 0.2) is 0 Å². The molecule has 0 atom stereocenters. The molecule has 6 heteroatoms. The number of nitro benzene ring substituents is 1. The van der Waals surface area contributed by atoms with E-state index >= 15 is 0 Å². The molecule has 13 heavy (non-hydrogen) atoms. The molecule has 0 heterocycles. The average molecular weight is 252 g/mol. The third-order valence-electron chi connectivity index (χ3n) is 1.46. The number of nitrogens with zero attached hydrogens (tertiary/aromatic N) is 1. The average Bonchev–Trinajstić information content (AvgIpc) is 2.03. The molecule has 0 aliphatic rings. The van der Waals surface area contributed by atoms with Gasteiger partial charge in [0.25, 0.3) is 5.69 Å². The van der Waals surface area contributed by atoms with E-state index in [1.165, 1.54) is 0 Å². The lowest BCUT2D eigenvalue weighted by molar-refractivity contribution is -0.385. The Balaban J connectivity index is 3.30. The van der Waals surface area contributed by atoms with Crippen LogP contribution >= 0.6 is 15.9 Å². The van der Waals surface area contributed by atoms with Crippen molar-refractivity contribution in [2.45, 2.75) is 6.67 Å². The second kappa shape index (κ2) is 3.78. The number of benzene rings is 1. The molecule has 0 N–H and O–H groups in total. The molecule has 1 rings (SSSR count). The second-order valence-corrected chi connectivity index (χ2v) is 3.14. The van der Waals surface area contributed by atoms with Crippen molar-refractivity contribution >= 4 is 21.6 Å². The van der Waals surface area contributed by atoms with Gasteiger partial charge in [0.2, 0.25) is 0 Å². The van der Waals surface area contributed by atoms with Crippen LogP contribution in [0.1, 0.15) is 5.56 Å². The summed E-state index contributed by atoms with van der Waals surface area (Å²) < 4.78 is 24.9. The van der Waals surface area contributed by atoms with Gasteiger partial charge in [0.1, 0.15) is 12.5 Å². The number of nitro groups is 1. The molecule has 0 fully saturated rings. The van der Waals surface area contributed by atoms with Crippen LogP contribution in [0.15, 0.2) is 16.6 Å².